The van der Waals surface area contributed by atoms with Crippen molar-refractivity contribution in [1.82, 2.24) is 15.1 Å². The number of carbonyl (C=O) groups excluding carboxylic acids is 1. The molecule has 0 radical (unpaired) electrons. The van der Waals surface area contributed by atoms with Crippen LogP contribution < -0.4 is 20.7 Å². The maximum atomic E-state index is 12.9. The van der Waals surface area contributed by atoms with Crippen LogP contribution in [0.5, 0.6) is 0 Å². The van der Waals surface area contributed by atoms with Crippen molar-refractivity contribution in [2.24, 2.45) is 5.92 Å². The lowest BCUT2D eigenvalue weighted by Crippen LogP contribution is -2.43. The normalized spacial score (nSPS) is 15.6. The number of nitrogens with one attached hydrogen (secondary N) is 1. The van der Waals surface area contributed by atoms with E-state index in [1.54, 1.807) is 12.3 Å². The minimum absolute atomic E-state index is 0.0629. The summed E-state index contributed by atoms with van der Waals surface area (Å²) in [5.41, 5.74) is 3.97. The summed E-state index contributed by atoms with van der Waals surface area (Å²) in [6.07, 6.45) is 3.49. The predicted octanol–water partition coefficient (Wildman–Crippen LogP) is 3.67. The van der Waals surface area contributed by atoms with Crippen LogP contribution in [0, 0.1) is 5.92 Å². The van der Waals surface area contributed by atoms with Crippen molar-refractivity contribution in [1.29, 1.82) is 0 Å². The van der Waals surface area contributed by atoms with Crippen LogP contribution in [0.2, 0.25) is 0 Å². The van der Waals surface area contributed by atoms with Gasteiger partial charge in [-0.15, -0.1) is 0 Å². The Morgan fingerprint density at radius 1 is 1.06 bits per heavy atom. The molecule has 1 aliphatic heterocycles. The first-order valence-corrected chi connectivity index (χ1v) is 12.5. The Hall–Kier alpha value is -3.61. The molecule has 7 heteroatoms. The first kappa shape index (κ1) is 24.5. The fourth-order valence-corrected chi connectivity index (χ4v) is 4.64. The Morgan fingerprint density at radius 2 is 1.80 bits per heavy atom. The number of aromatic nitrogens is 2. The molecule has 1 N–H and O–H groups in total. The molecule has 3 aromatic rings. The SMILES string of the molecule is CCN(CC)c1ccc(CNC(=O)[C@H]2CCCN(c3cnn(Cc4ccccc4)c(=O)c3)C2)cc1. The highest BCUT2D eigenvalue weighted by atomic mass is 16.2. The lowest BCUT2D eigenvalue weighted by molar-refractivity contribution is -0.125. The standard InChI is InChI=1S/C28H35N5O2/c1-3-31(4-2)25-14-12-22(13-15-25)18-29-28(35)24-11-8-16-32(21-24)26-17-27(34)33(30-19-26)20-23-9-6-5-7-10-23/h5-7,9-10,12-15,17,19,24H,3-4,8,11,16,18,20-21H2,1-2H3,(H,29,35)/t24-/m0/s1. The molecule has 0 unspecified atom stereocenters. The van der Waals surface area contributed by atoms with E-state index in [9.17, 15) is 9.59 Å². The van der Waals surface area contributed by atoms with Crippen LogP contribution in [0.4, 0.5) is 11.4 Å². The zero-order valence-electron chi connectivity index (χ0n) is 20.7. The van der Waals surface area contributed by atoms with Crippen molar-refractivity contribution in [2.75, 3.05) is 36.0 Å². The van der Waals surface area contributed by atoms with Gasteiger partial charge in [0.05, 0.1) is 24.3 Å². The van der Waals surface area contributed by atoms with Gasteiger partial charge >= 0.3 is 0 Å². The molecule has 0 bridgehead atoms. The Kier molecular flexibility index (Phi) is 8.19. The fourth-order valence-electron chi connectivity index (χ4n) is 4.64. The van der Waals surface area contributed by atoms with E-state index < -0.39 is 0 Å². The second-order valence-corrected chi connectivity index (χ2v) is 9.04. The number of carbonyl (C=O) groups is 1. The topological polar surface area (TPSA) is 70.5 Å². The van der Waals surface area contributed by atoms with Gasteiger partial charge in [-0.1, -0.05) is 42.5 Å². The zero-order chi connectivity index (χ0) is 24.6. The molecule has 7 nitrogen and oxygen atoms in total. The quantitative estimate of drug-likeness (QED) is 0.514. The number of anilines is 2. The number of hydrogen-bond acceptors (Lipinski definition) is 5. The number of rotatable bonds is 9. The summed E-state index contributed by atoms with van der Waals surface area (Å²) >= 11 is 0. The van der Waals surface area contributed by atoms with Gasteiger partial charge in [0, 0.05) is 44.5 Å². The van der Waals surface area contributed by atoms with E-state index in [1.807, 2.05) is 30.3 Å². The molecule has 0 aliphatic carbocycles. The average Bonchev–Trinajstić information content (AvgIpc) is 2.90. The molecule has 2 heterocycles. The van der Waals surface area contributed by atoms with Gasteiger partial charge in [0.2, 0.25) is 5.91 Å². The maximum absolute atomic E-state index is 12.9. The highest BCUT2D eigenvalue weighted by Gasteiger charge is 2.26. The van der Waals surface area contributed by atoms with Crippen LogP contribution in [-0.2, 0) is 17.9 Å². The summed E-state index contributed by atoms with van der Waals surface area (Å²) in [4.78, 5) is 30.0. The van der Waals surface area contributed by atoms with Crippen molar-refractivity contribution in [2.45, 2.75) is 39.8 Å². The number of nitrogens with zero attached hydrogens (tertiary/aromatic N) is 4. The third kappa shape index (κ3) is 6.29. The summed E-state index contributed by atoms with van der Waals surface area (Å²) in [5, 5.41) is 7.49. The Balaban J connectivity index is 1.33. The third-order valence-corrected chi connectivity index (χ3v) is 6.72. The van der Waals surface area contributed by atoms with Gasteiger partial charge in [-0.25, -0.2) is 4.68 Å². The van der Waals surface area contributed by atoms with Gasteiger partial charge in [0.25, 0.3) is 5.56 Å². The summed E-state index contributed by atoms with van der Waals surface area (Å²) < 4.78 is 1.47. The van der Waals surface area contributed by atoms with E-state index in [-0.39, 0.29) is 17.4 Å². The monoisotopic (exact) mass is 473 g/mol. The van der Waals surface area contributed by atoms with E-state index in [0.717, 1.165) is 49.3 Å². The predicted molar refractivity (Wildman–Crippen MR) is 141 cm³/mol. The van der Waals surface area contributed by atoms with Crippen LogP contribution in [0.1, 0.15) is 37.8 Å². The Bertz CT molecular complexity index is 1160. The molecule has 2 aromatic carbocycles. The van der Waals surface area contributed by atoms with E-state index in [2.05, 4.69) is 58.3 Å². The van der Waals surface area contributed by atoms with Crippen molar-refractivity contribution >= 4 is 17.3 Å². The van der Waals surface area contributed by atoms with Crippen molar-refractivity contribution in [3.05, 3.63) is 88.3 Å². The van der Waals surface area contributed by atoms with Crippen LogP contribution in [0.25, 0.3) is 0 Å². The third-order valence-electron chi connectivity index (χ3n) is 6.72. The van der Waals surface area contributed by atoms with Crippen LogP contribution in [0.3, 0.4) is 0 Å². The van der Waals surface area contributed by atoms with E-state index in [1.165, 1.54) is 10.4 Å². The van der Waals surface area contributed by atoms with Crippen LogP contribution in [0.15, 0.2) is 71.7 Å². The van der Waals surface area contributed by atoms with Gasteiger partial charge in [0.15, 0.2) is 0 Å². The molecule has 0 saturated carbocycles. The van der Waals surface area contributed by atoms with Crippen molar-refractivity contribution in [3.8, 4) is 0 Å². The second-order valence-electron chi connectivity index (χ2n) is 9.04. The number of hydrogen-bond donors (Lipinski definition) is 1. The van der Waals surface area contributed by atoms with E-state index >= 15 is 0 Å². The lowest BCUT2D eigenvalue weighted by Gasteiger charge is -2.33. The van der Waals surface area contributed by atoms with Crippen molar-refractivity contribution < 1.29 is 4.79 Å². The highest BCUT2D eigenvalue weighted by Crippen LogP contribution is 2.22. The van der Waals surface area contributed by atoms with E-state index in [4.69, 9.17) is 0 Å². The Morgan fingerprint density at radius 3 is 2.49 bits per heavy atom. The summed E-state index contributed by atoms with van der Waals surface area (Å²) in [7, 11) is 0. The molecular formula is C28H35N5O2. The number of piperidine rings is 1. The molecule has 184 valence electrons. The molecule has 1 aliphatic rings. The Labute approximate surface area is 207 Å². The highest BCUT2D eigenvalue weighted by molar-refractivity contribution is 5.79. The maximum Gasteiger partial charge on any atom is 0.269 e. The number of amides is 1. The lowest BCUT2D eigenvalue weighted by atomic mass is 9.96. The second kappa shape index (κ2) is 11.7. The first-order chi connectivity index (χ1) is 17.1. The fraction of sp³-hybridized carbons (Fsp3) is 0.393. The molecule has 0 spiro atoms. The summed E-state index contributed by atoms with van der Waals surface area (Å²) in [6, 6.07) is 19.8. The summed E-state index contributed by atoms with van der Waals surface area (Å²) in [6.45, 7) is 8.63. The van der Waals surface area contributed by atoms with Gasteiger partial charge < -0.3 is 15.1 Å². The molecule has 4 rings (SSSR count). The molecule has 1 aromatic heterocycles. The minimum Gasteiger partial charge on any atom is -0.372 e. The molecule has 1 fully saturated rings. The van der Waals surface area contributed by atoms with Crippen LogP contribution in [-0.4, -0.2) is 41.9 Å². The van der Waals surface area contributed by atoms with Crippen LogP contribution >= 0.6 is 0 Å². The molecule has 1 amide bonds. The van der Waals surface area contributed by atoms with Crippen molar-refractivity contribution in [3.63, 3.8) is 0 Å². The van der Waals surface area contributed by atoms with Gasteiger partial charge in [-0.05, 0) is 49.9 Å². The van der Waals surface area contributed by atoms with E-state index in [0.29, 0.717) is 19.6 Å². The zero-order valence-corrected chi connectivity index (χ0v) is 20.7. The first-order valence-electron chi connectivity index (χ1n) is 12.5. The smallest absolute Gasteiger partial charge is 0.269 e. The minimum atomic E-state index is -0.133. The number of benzene rings is 2. The molecule has 1 saturated heterocycles. The molecule has 35 heavy (non-hydrogen) atoms. The van der Waals surface area contributed by atoms with Gasteiger partial charge in [0.1, 0.15) is 0 Å². The molecule has 1 atom stereocenters. The van der Waals surface area contributed by atoms with Gasteiger partial charge in [-0.3, -0.25) is 9.59 Å². The largest absolute Gasteiger partial charge is 0.372 e. The van der Waals surface area contributed by atoms with Gasteiger partial charge in [-0.2, -0.15) is 5.10 Å². The molecular weight excluding hydrogens is 438 g/mol. The average molecular weight is 474 g/mol. The summed E-state index contributed by atoms with van der Waals surface area (Å²) in [5.74, 6) is -0.0432.